The lowest BCUT2D eigenvalue weighted by Crippen LogP contribution is -2.43. The minimum absolute atomic E-state index is 0. The van der Waals surface area contributed by atoms with E-state index < -0.39 is 14.8 Å². The zero-order chi connectivity index (χ0) is 21.6. The van der Waals surface area contributed by atoms with Gasteiger partial charge < -0.3 is 15.4 Å². The number of hydrogen-bond donors (Lipinski definition) is 2. The monoisotopic (exact) mass is 560 g/mol. The van der Waals surface area contributed by atoms with Gasteiger partial charge in [0.05, 0.1) is 30.1 Å². The van der Waals surface area contributed by atoms with E-state index in [0.717, 1.165) is 16.9 Å². The predicted molar refractivity (Wildman–Crippen MR) is 130 cm³/mol. The van der Waals surface area contributed by atoms with Crippen molar-refractivity contribution in [2.75, 3.05) is 18.6 Å². The highest BCUT2D eigenvalue weighted by Crippen LogP contribution is 2.14. The third kappa shape index (κ3) is 7.65. The van der Waals surface area contributed by atoms with E-state index in [1.807, 2.05) is 24.3 Å². The molecule has 1 saturated heterocycles. The highest BCUT2D eigenvalue weighted by atomic mass is 127. The molecule has 11 heteroatoms. The first-order valence-electron chi connectivity index (χ1n) is 9.46. The summed E-state index contributed by atoms with van der Waals surface area (Å²) in [6, 6.07) is 13.6. The van der Waals surface area contributed by atoms with Crippen LogP contribution in [0.2, 0.25) is 0 Å². The Bertz CT molecular complexity index is 1010. The fraction of sp³-hybridized carbons (Fsp3) is 0.350. The summed E-state index contributed by atoms with van der Waals surface area (Å²) >= 11 is 0. The molecule has 1 atom stereocenters. The second kappa shape index (κ2) is 11.3. The summed E-state index contributed by atoms with van der Waals surface area (Å²) in [5.41, 5.74) is 1.85. The number of aliphatic imine (C=N–C) groups is 1. The average Bonchev–Trinajstić information content (AvgIpc) is 3.08. The lowest BCUT2D eigenvalue weighted by molar-refractivity contribution is -0.384. The Labute approximate surface area is 198 Å². The average molecular weight is 560 g/mol. The first kappa shape index (κ1) is 24.9. The van der Waals surface area contributed by atoms with Crippen molar-refractivity contribution < 1.29 is 18.1 Å². The minimum atomic E-state index is -3.02. The molecule has 2 aromatic carbocycles. The molecule has 0 radical (unpaired) electrons. The van der Waals surface area contributed by atoms with Gasteiger partial charge in [0.1, 0.15) is 5.75 Å². The molecule has 2 N–H and O–H groups in total. The fourth-order valence-electron chi connectivity index (χ4n) is 3.08. The van der Waals surface area contributed by atoms with Crippen molar-refractivity contribution in [2.24, 2.45) is 4.99 Å². The quantitative estimate of drug-likeness (QED) is 0.176. The molecule has 1 aliphatic rings. The van der Waals surface area contributed by atoms with Crippen LogP contribution in [0.3, 0.4) is 0 Å². The number of methoxy groups -OCH3 is 1. The van der Waals surface area contributed by atoms with E-state index in [1.165, 1.54) is 12.1 Å². The van der Waals surface area contributed by atoms with Crippen LogP contribution in [-0.4, -0.2) is 44.0 Å². The Kier molecular flexibility index (Phi) is 9.04. The number of nitro benzene ring substituents is 1. The van der Waals surface area contributed by atoms with Gasteiger partial charge in [-0.25, -0.2) is 13.4 Å². The summed E-state index contributed by atoms with van der Waals surface area (Å²) in [6.07, 6.45) is 0.531. The van der Waals surface area contributed by atoms with Gasteiger partial charge in [-0.05, 0) is 29.7 Å². The first-order chi connectivity index (χ1) is 14.3. The number of benzene rings is 2. The molecule has 0 aromatic heterocycles. The van der Waals surface area contributed by atoms with Crippen LogP contribution in [0.4, 0.5) is 5.69 Å². The molecule has 1 heterocycles. The van der Waals surface area contributed by atoms with Crippen LogP contribution in [0, 0.1) is 10.1 Å². The summed E-state index contributed by atoms with van der Waals surface area (Å²) in [5.74, 6) is 1.49. The third-order valence-corrected chi connectivity index (χ3v) is 6.53. The molecule has 1 unspecified atom stereocenters. The molecule has 1 aliphatic heterocycles. The number of nitrogens with zero attached hydrogens (tertiary/aromatic N) is 2. The predicted octanol–water partition coefficient (Wildman–Crippen LogP) is 2.64. The Morgan fingerprint density at radius 2 is 1.81 bits per heavy atom. The fourth-order valence-corrected chi connectivity index (χ4v) is 4.75. The van der Waals surface area contributed by atoms with Crippen LogP contribution in [-0.2, 0) is 22.9 Å². The molecule has 168 valence electrons. The maximum atomic E-state index is 11.8. The Morgan fingerprint density at radius 1 is 1.16 bits per heavy atom. The molecular formula is C20H25IN4O5S. The summed E-state index contributed by atoms with van der Waals surface area (Å²) in [5, 5.41) is 17.2. The number of guanidine groups is 1. The van der Waals surface area contributed by atoms with Crippen LogP contribution < -0.4 is 15.4 Å². The number of hydrogen-bond acceptors (Lipinski definition) is 6. The molecule has 3 rings (SSSR count). The Hall–Kier alpha value is -2.41. The maximum absolute atomic E-state index is 11.8. The Morgan fingerprint density at radius 3 is 2.35 bits per heavy atom. The number of halogens is 1. The van der Waals surface area contributed by atoms with Crippen molar-refractivity contribution in [3.05, 3.63) is 69.8 Å². The van der Waals surface area contributed by atoms with Gasteiger partial charge in [-0.3, -0.25) is 10.1 Å². The van der Waals surface area contributed by atoms with E-state index in [1.54, 1.807) is 19.2 Å². The first-order valence-corrected chi connectivity index (χ1v) is 11.3. The maximum Gasteiger partial charge on any atom is 0.269 e. The molecule has 0 spiro atoms. The molecule has 31 heavy (non-hydrogen) atoms. The van der Waals surface area contributed by atoms with Gasteiger partial charge in [-0.2, -0.15) is 0 Å². The summed E-state index contributed by atoms with van der Waals surface area (Å²) in [6.45, 7) is 0.797. The molecule has 0 bridgehead atoms. The van der Waals surface area contributed by atoms with Gasteiger partial charge in [0.15, 0.2) is 15.8 Å². The number of ether oxygens (including phenoxy) is 1. The van der Waals surface area contributed by atoms with Crippen molar-refractivity contribution >= 4 is 45.5 Å². The Balaban J connectivity index is 0.00000341. The molecule has 0 aliphatic carbocycles. The standard InChI is InChI=1S/C20H24N4O5S.HI/c1-29-19-8-4-16(5-9-19)13-22-20(23-17-10-11-30(27,28)14-17)21-12-15-2-6-18(7-3-15)24(25)26;/h2-9,17H,10-14H2,1H3,(H2,21,22,23);1H. The lowest BCUT2D eigenvalue weighted by atomic mass is 10.2. The van der Waals surface area contributed by atoms with Gasteiger partial charge in [0.2, 0.25) is 0 Å². The number of non-ortho nitro benzene ring substituents is 1. The van der Waals surface area contributed by atoms with Gasteiger partial charge >= 0.3 is 0 Å². The number of rotatable bonds is 7. The summed E-state index contributed by atoms with van der Waals surface area (Å²) in [4.78, 5) is 14.9. The second-order valence-electron chi connectivity index (χ2n) is 7.03. The lowest BCUT2D eigenvalue weighted by Gasteiger charge is -2.17. The van der Waals surface area contributed by atoms with Crippen LogP contribution in [0.25, 0.3) is 0 Å². The van der Waals surface area contributed by atoms with Crippen molar-refractivity contribution in [1.29, 1.82) is 0 Å². The molecule has 9 nitrogen and oxygen atoms in total. The van der Waals surface area contributed by atoms with Gasteiger partial charge in [-0.15, -0.1) is 24.0 Å². The van der Waals surface area contributed by atoms with Crippen molar-refractivity contribution in [2.45, 2.75) is 25.6 Å². The SMILES string of the molecule is COc1ccc(CN=C(NCc2ccc([N+](=O)[O-])cc2)NC2CCS(=O)(=O)C2)cc1.I. The second-order valence-corrected chi connectivity index (χ2v) is 9.26. The molecule has 0 amide bonds. The zero-order valence-corrected chi connectivity index (χ0v) is 20.1. The van der Waals surface area contributed by atoms with Crippen molar-refractivity contribution in [3.63, 3.8) is 0 Å². The van der Waals surface area contributed by atoms with E-state index in [9.17, 15) is 18.5 Å². The van der Waals surface area contributed by atoms with E-state index in [0.29, 0.717) is 25.5 Å². The van der Waals surface area contributed by atoms with E-state index in [4.69, 9.17) is 4.74 Å². The smallest absolute Gasteiger partial charge is 0.269 e. The van der Waals surface area contributed by atoms with E-state index in [-0.39, 0.29) is 47.2 Å². The molecule has 0 saturated carbocycles. The zero-order valence-electron chi connectivity index (χ0n) is 17.0. The molecular weight excluding hydrogens is 535 g/mol. The van der Waals surface area contributed by atoms with Crippen LogP contribution in [0.5, 0.6) is 5.75 Å². The van der Waals surface area contributed by atoms with Gasteiger partial charge in [0.25, 0.3) is 5.69 Å². The van der Waals surface area contributed by atoms with Crippen molar-refractivity contribution in [1.82, 2.24) is 10.6 Å². The van der Waals surface area contributed by atoms with Crippen LogP contribution in [0.1, 0.15) is 17.5 Å². The van der Waals surface area contributed by atoms with Gasteiger partial charge in [-0.1, -0.05) is 24.3 Å². The number of nitro groups is 1. The molecule has 1 fully saturated rings. The third-order valence-electron chi connectivity index (χ3n) is 4.76. The van der Waals surface area contributed by atoms with Gasteiger partial charge in [0, 0.05) is 24.7 Å². The highest BCUT2D eigenvalue weighted by Gasteiger charge is 2.28. The number of nitrogens with one attached hydrogen (secondary N) is 2. The van der Waals surface area contributed by atoms with E-state index in [2.05, 4.69) is 15.6 Å². The van der Waals surface area contributed by atoms with Crippen LogP contribution >= 0.6 is 24.0 Å². The largest absolute Gasteiger partial charge is 0.497 e. The number of sulfone groups is 1. The topological polar surface area (TPSA) is 123 Å². The summed E-state index contributed by atoms with van der Waals surface area (Å²) in [7, 11) is -1.41. The molecule has 2 aromatic rings. The minimum Gasteiger partial charge on any atom is -0.497 e. The summed E-state index contributed by atoms with van der Waals surface area (Å²) < 4.78 is 28.7. The van der Waals surface area contributed by atoms with Crippen molar-refractivity contribution in [3.8, 4) is 5.75 Å². The van der Waals surface area contributed by atoms with E-state index >= 15 is 0 Å². The normalized spacial score (nSPS) is 17.5. The highest BCUT2D eigenvalue weighted by molar-refractivity contribution is 14.0. The van der Waals surface area contributed by atoms with Crippen LogP contribution in [0.15, 0.2) is 53.5 Å².